The third-order valence-electron chi connectivity index (χ3n) is 4.03. The maximum Gasteiger partial charge on any atom is 0.174 e. The lowest BCUT2D eigenvalue weighted by Gasteiger charge is -2.09. The number of nitrogens with zero attached hydrogens (tertiary/aromatic N) is 4. The number of hydrogen-bond acceptors (Lipinski definition) is 4. The summed E-state index contributed by atoms with van der Waals surface area (Å²) in [4.78, 5) is 0. The van der Waals surface area contributed by atoms with E-state index in [-0.39, 0.29) is 6.10 Å². The molecule has 1 aromatic carbocycles. The maximum absolute atomic E-state index is 9.58. The Hall–Kier alpha value is -2.61. The minimum Gasteiger partial charge on any atom is -0.491 e. The van der Waals surface area contributed by atoms with Crippen LogP contribution in [0, 0.1) is 11.3 Å². The molecule has 3 rings (SSSR count). The first-order valence-corrected chi connectivity index (χ1v) is 8.48. The van der Waals surface area contributed by atoms with Gasteiger partial charge in [-0.15, -0.1) is 10.2 Å². The summed E-state index contributed by atoms with van der Waals surface area (Å²) in [6.07, 6.45) is 6.39. The van der Waals surface area contributed by atoms with E-state index in [1.54, 1.807) is 0 Å². The van der Waals surface area contributed by atoms with Gasteiger partial charge in [-0.25, -0.2) is 0 Å². The third-order valence-corrected chi connectivity index (χ3v) is 4.03. The van der Waals surface area contributed by atoms with Crippen LogP contribution in [0.3, 0.4) is 0 Å². The summed E-state index contributed by atoms with van der Waals surface area (Å²) in [6.45, 7) is 4.88. The van der Waals surface area contributed by atoms with E-state index in [0.717, 1.165) is 42.9 Å². The molecule has 24 heavy (non-hydrogen) atoms. The highest BCUT2D eigenvalue weighted by molar-refractivity contribution is 5.87. The highest BCUT2D eigenvalue weighted by Crippen LogP contribution is 2.22. The molecule has 0 radical (unpaired) electrons. The Kier molecular flexibility index (Phi) is 4.95. The predicted molar refractivity (Wildman–Crippen MR) is 93.3 cm³/mol. The molecular weight excluding hydrogens is 300 g/mol. The second-order valence-corrected chi connectivity index (χ2v) is 6.31. The fraction of sp³-hybridized carbons (Fsp3) is 0.421. The molecule has 0 spiro atoms. The molecule has 0 N–H and O–H groups in total. The van der Waals surface area contributed by atoms with Crippen molar-refractivity contribution in [3.8, 4) is 11.8 Å². The van der Waals surface area contributed by atoms with Crippen LogP contribution >= 0.6 is 0 Å². The lowest BCUT2D eigenvalue weighted by molar-refractivity contribution is 0.242. The van der Waals surface area contributed by atoms with Gasteiger partial charge in [-0.1, -0.05) is 18.6 Å². The molecule has 1 aromatic heterocycles. The predicted octanol–water partition coefficient (Wildman–Crippen LogP) is 3.86. The summed E-state index contributed by atoms with van der Waals surface area (Å²) in [7, 11) is 0. The van der Waals surface area contributed by atoms with E-state index in [2.05, 4.69) is 20.8 Å². The smallest absolute Gasteiger partial charge is 0.174 e. The number of aromatic nitrogens is 3. The molecule has 0 bridgehead atoms. The number of fused-ring (bicyclic) bond motifs is 1. The second-order valence-electron chi connectivity index (χ2n) is 6.31. The maximum atomic E-state index is 9.58. The first-order valence-electron chi connectivity index (χ1n) is 8.48. The molecule has 2 aromatic rings. The number of rotatable bonds is 4. The molecular formula is C19H22N4O. The fourth-order valence-corrected chi connectivity index (χ4v) is 2.91. The topological polar surface area (TPSA) is 63.7 Å². The van der Waals surface area contributed by atoms with E-state index < -0.39 is 0 Å². The minimum absolute atomic E-state index is 0.146. The van der Waals surface area contributed by atoms with Gasteiger partial charge < -0.3 is 9.30 Å². The van der Waals surface area contributed by atoms with Gasteiger partial charge in [0.05, 0.1) is 11.7 Å². The van der Waals surface area contributed by atoms with Crippen LogP contribution in [0.4, 0.5) is 0 Å². The van der Waals surface area contributed by atoms with Crippen molar-refractivity contribution in [2.75, 3.05) is 0 Å². The molecule has 0 fully saturated rings. The van der Waals surface area contributed by atoms with Gasteiger partial charge in [-0.05, 0) is 50.5 Å². The molecule has 1 aliphatic heterocycles. The third kappa shape index (κ3) is 3.65. The van der Waals surface area contributed by atoms with E-state index >= 15 is 0 Å². The number of hydrogen-bond donors (Lipinski definition) is 0. The highest BCUT2D eigenvalue weighted by atomic mass is 16.5. The van der Waals surface area contributed by atoms with Gasteiger partial charge in [0, 0.05) is 13.0 Å². The van der Waals surface area contributed by atoms with Crippen LogP contribution in [-0.2, 0) is 13.0 Å². The number of benzene rings is 1. The molecule has 0 aliphatic carbocycles. The van der Waals surface area contributed by atoms with Crippen LogP contribution in [0.5, 0.6) is 5.75 Å². The van der Waals surface area contributed by atoms with Crippen molar-refractivity contribution in [3.05, 3.63) is 41.5 Å². The monoisotopic (exact) mass is 322 g/mol. The largest absolute Gasteiger partial charge is 0.491 e. The summed E-state index contributed by atoms with van der Waals surface area (Å²) in [5.74, 6) is 2.50. The second kappa shape index (κ2) is 7.31. The van der Waals surface area contributed by atoms with Crippen LogP contribution in [0.25, 0.3) is 11.6 Å². The molecule has 0 unspecified atom stereocenters. The Labute approximate surface area is 142 Å². The average molecular weight is 322 g/mol. The summed E-state index contributed by atoms with van der Waals surface area (Å²) in [5, 5.41) is 18.1. The van der Waals surface area contributed by atoms with Crippen molar-refractivity contribution in [3.63, 3.8) is 0 Å². The highest BCUT2D eigenvalue weighted by Gasteiger charge is 2.17. The molecule has 0 saturated carbocycles. The SMILES string of the molecule is CC(C)Oc1ccc(/C=C(\C#N)c2nnc3n2CCCCC3)cc1. The quantitative estimate of drug-likeness (QED) is 0.802. The molecule has 1 aliphatic rings. The van der Waals surface area contributed by atoms with Crippen molar-refractivity contribution < 1.29 is 4.74 Å². The average Bonchev–Trinajstić information content (AvgIpc) is 2.82. The van der Waals surface area contributed by atoms with Gasteiger partial charge in [0.2, 0.25) is 0 Å². The molecule has 0 amide bonds. The van der Waals surface area contributed by atoms with Crippen molar-refractivity contribution in [1.29, 1.82) is 5.26 Å². The summed E-state index contributed by atoms with van der Waals surface area (Å²) in [6, 6.07) is 10.0. The van der Waals surface area contributed by atoms with Gasteiger partial charge in [-0.2, -0.15) is 5.26 Å². The number of ether oxygens (including phenoxy) is 1. The lowest BCUT2D eigenvalue weighted by atomic mass is 10.1. The van der Waals surface area contributed by atoms with Gasteiger partial charge >= 0.3 is 0 Å². The van der Waals surface area contributed by atoms with Gasteiger partial charge in [-0.3, -0.25) is 0 Å². The molecule has 0 saturated heterocycles. The minimum atomic E-state index is 0.146. The summed E-state index contributed by atoms with van der Waals surface area (Å²) >= 11 is 0. The Morgan fingerprint density at radius 1 is 1.21 bits per heavy atom. The molecule has 5 nitrogen and oxygen atoms in total. The Balaban J connectivity index is 1.88. The summed E-state index contributed by atoms with van der Waals surface area (Å²) < 4.78 is 7.74. The van der Waals surface area contributed by atoms with E-state index in [4.69, 9.17) is 4.74 Å². The first kappa shape index (κ1) is 16.3. The Morgan fingerprint density at radius 2 is 2.00 bits per heavy atom. The number of nitriles is 1. The van der Waals surface area contributed by atoms with Crippen molar-refractivity contribution in [2.24, 2.45) is 0 Å². The van der Waals surface area contributed by atoms with Crippen molar-refractivity contribution in [1.82, 2.24) is 14.8 Å². The first-order chi connectivity index (χ1) is 11.7. The summed E-state index contributed by atoms with van der Waals surface area (Å²) in [5.41, 5.74) is 1.50. The zero-order valence-electron chi connectivity index (χ0n) is 14.2. The van der Waals surface area contributed by atoms with Gasteiger partial charge in [0.1, 0.15) is 17.6 Å². The molecule has 2 heterocycles. The standard InChI is InChI=1S/C19H22N4O/c1-14(2)24-17-9-7-15(8-10-17)12-16(13-20)19-22-21-18-6-4-3-5-11-23(18)19/h7-10,12,14H,3-6,11H2,1-2H3/b16-12+. The van der Waals surface area contributed by atoms with E-state index in [1.165, 1.54) is 6.42 Å². The van der Waals surface area contributed by atoms with E-state index in [0.29, 0.717) is 11.4 Å². The zero-order chi connectivity index (χ0) is 16.9. The van der Waals surface area contributed by atoms with Crippen molar-refractivity contribution in [2.45, 2.75) is 52.2 Å². The van der Waals surface area contributed by atoms with Crippen LogP contribution in [0.15, 0.2) is 24.3 Å². The van der Waals surface area contributed by atoms with Crippen LogP contribution in [0.2, 0.25) is 0 Å². The van der Waals surface area contributed by atoms with E-state index in [9.17, 15) is 5.26 Å². The number of aryl methyl sites for hydroxylation is 1. The van der Waals surface area contributed by atoms with E-state index in [1.807, 2.05) is 44.2 Å². The van der Waals surface area contributed by atoms with Crippen LogP contribution in [0.1, 0.15) is 50.3 Å². The zero-order valence-corrected chi connectivity index (χ0v) is 14.2. The fourth-order valence-electron chi connectivity index (χ4n) is 2.91. The molecule has 0 atom stereocenters. The lowest BCUT2D eigenvalue weighted by Crippen LogP contribution is -2.05. The normalized spacial score (nSPS) is 14.8. The van der Waals surface area contributed by atoms with Crippen molar-refractivity contribution >= 4 is 11.6 Å². The van der Waals surface area contributed by atoms with Crippen LogP contribution in [-0.4, -0.2) is 20.9 Å². The number of allylic oxidation sites excluding steroid dienone is 1. The molecule has 124 valence electrons. The molecule has 5 heteroatoms. The van der Waals surface area contributed by atoms with Gasteiger partial charge in [0.25, 0.3) is 0 Å². The van der Waals surface area contributed by atoms with Crippen LogP contribution < -0.4 is 4.74 Å². The Morgan fingerprint density at radius 3 is 2.71 bits per heavy atom. The Bertz CT molecular complexity index is 766. The van der Waals surface area contributed by atoms with Gasteiger partial charge in [0.15, 0.2) is 5.82 Å².